The van der Waals surface area contributed by atoms with Crippen molar-refractivity contribution in [3.63, 3.8) is 0 Å². The predicted octanol–water partition coefficient (Wildman–Crippen LogP) is 1.32. The minimum Gasteiger partial charge on any atom is -0.459 e. The summed E-state index contributed by atoms with van der Waals surface area (Å²) in [5.74, 6) is -0.653. The second-order valence-electron chi connectivity index (χ2n) is 4.56. The van der Waals surface area contributed by atoms with Gasteiger partial charge in [0.1, 0.15) is 12.6 Å². The molecule has 110 valence electrons. The fraction of sp³-hybridized carbons (Fsp3) is 0.467. The average molecular weight is 278 g/mol. The van der Waals surface area contributed by atoms with Gasteiger partial charge in [-0.2, -0.15) is 0 Å². The second-order valence-corrected chi connectivity index (χ2v) is 4.56. The van der Waals surface area contributed by atoms with Crippen LogP contribution in [0.1, 0.15) is 25.8 Å². The van der Waals surface area contributed by atoms with Crippen molar-refractivity contribution in [3.8, 4) is 0 Å². The fourth-order valence-corrected chi connectivity index (χ4v) is 1.87. The highest BCUT2D eigenvalue weighted by molar-refractivity contribution is 5.85. The fourth-order valence-electron chi connectivity index (χ4n) is 1.87. The number of nitrogens with two attached hydrogens (primary N) is 1. The Hall–Kier alpha value is -1.88. The number of esters is 1. The Balaban J connectivity index is 2.58. The van der Waals surface area contributed by atoms with Crippen molar-refractivity contribution >= 4 is 11.9 Å². The smallest absolute Gasteiger partial charge is 0.328 e. The number of hydrogen-bond acceptors (Lipinski definition) is 4. The van der Waals surface area contributed by atoms with E-state index in [-0.39, 0.29) is 19.1 Å². The van der Waals surface area contributed by atoms with E-state index in [1.165, 1.54) is 4.90 Å². The molecule has 0 aliphatic rings. The maximum Gasteiger partial charge on any atom is 0.328 e. The van der Waals surface area contributed by atoms with E-state index in [4.69, 9.17) is 10.5 Å². The molecule has 0 radical (unpaired) electrons. The molecular weight excluding hydrogens is 256 g/mol. The number of hydrogen-bond donors (Lipinski definition) is 1. The first-order valence-electron chi connectivity index (χ1n) is 6.80. The molecule has 0 bridgehead atoms. The van der Waals surface area contributed by atoms with Crippen LogP contribution in [0.25, 0.3) is 0 Å². The summed E-state index contributed by atoms with van der Waals surface area (Å²) in [7, 11) is 0. The van der Waals surface area contributed by atoms with Gasteiger partial charge in [0.05, 0.1) is 6.54 Å². The molecule has 0 unspecified atom stereocenters. The summed E-state index contributed by atoms with van der Waals surface area (Å²) < 4.78 is 5.24. The summed E-state index contributed by atoms with van der Waals surface area (Å²) >= 11 is 0. The Morgan fingerprint density at radius 2 is 1.95 bits per heavy atom. The number of carbonyl (C=O) groups is 2. The molecule has 0 heterocycles. The molecule has 0 spiro atoms. The first kappa shape index (κ1) is 16.2. The molecule has 0 saturated heterocycles. The van der Waals surface area contributed by atoms with Crippen molar-refractivity contribution in [1.29, 1.82) is 0 Å². The van der Waals surface area contributed by atoms with E-state index in [1.54, 1.807) is 6.92 Å². The van der Waals surface area contributed by atoms with Crippen LogP contribution < -0.4 is 5.73 Å². The van der Waals surface area contributed by atoms with E-state index < -0.39 is 12.0 Å². The SMILES string of the molecule is CCCN(C(=O)CN)[C@H](C)C(=O)OCc1ccccc1. The lowest BCUT2D eigenvalue weighted by Crippen LogP contribution is -2.46. The van der Waals surface area contributed by atoms with Crippen molar-refractivity contribution in [3.05, 3.63) is 35.9 Å². The Morgan fingerprint density at radius 1 is 1.30 bits per heavy atom. The van der Waals surface area contributed by atoms with Gasteiger partial charge in [0.2, 0.25) is 5.91 Å². The van der Waals surface area contributed by atoms with Gasteiger partial charge < -0.3 is 15.4 Å². The van der Waals surface area contributed by atoms with Crippen molar-refractivity contribution in [2.45, 2.75) is 32.9 Å². The standard InChI is InChI=1S/C15H22N2O3/c1-3-9-17(14(18)10-16)12(2)15(19)20-11-13-7-5-4-6-8-13/h4-8,12H,3,9-11,16H2,1-2H3/t12-/m1/s1. The lowest BCUT2D eigenvalue weighted by atomic mass is 10.2. The summed E-state index contributed by atoms with van der Waals surface area (Å²) in [6.45, 7) is 4.21. The van der Waals surface area contributed by atoms with Crippen molar-refractivity contribution in [2.75, 3.05) is 13.1 Å². The maximum atomic E-state index is 12.0. The summed E-state index contributed by atoms with van der Waals surface area (Å²) in [6, 6.07) is 8.81. The van der Waals surface area contributed by atoms with E-state index >= 15 is 0 Å². The molecule has 1 atom stereocenters. The van der Waals surface area contributed by atoms with E-state index in [0.717, 1.165) is 12.0 Å². The first-order valence-corrected chi connectivity index (χ1v) is 6.80. The molecule has 1 rings (SSSR count). The molecule has 1 aromatic rings. The molecule has 0 aliphatic carbocycles. The third-order valence-electron chi connectivity index (χ3n) is 2.99. The average Bonchev–Trinajstić information content (AvgIpc) is 2.49. The third kappa shape index (κ3) is 4.66. The Morgan fingerprint density at radius 3 is 2.50 bits per heavy atom. The number of rotatable bonds is 7. The van der Waals surface area contributed by atoms with Crippen LogP contribution in [0, 0.1) is 0 Å². The number of carbonyl (C=O) groups excluding carboxylic acids is 2. The van der Waals surface area contributed by atoms with Gasteiger partial charge in [-0.05, 0) is 18.9 Å². The van der Waals surface area contributed by atoms with E-state index in [1.807, 2.05) is 37.3 Å². The quantitative estimate of drug-likeness (QED) is 0.763. The zero-order valence-corrected chi connectivity index (χ0v) is 12.0. The highest BCUT2D eigenvalue weighted by atomic mass is 16.5. The van der Waals surface area contributed by atoms with Gasteiger partial charge in [-0.25, -0.2) is 4.79 Å². The van der Waals surface area contributed by atoms with Crippen LogP contribution in [0.2, 0.25) is 0 Å². The molecule has 20 heavy (non-hydrogen) atoms. The van der Waals surface area contributed by atoms with Crippen molar-refractivity contribution in [2.24, 2.45) is 5.73 Å². The largest absolute Gasteiger partial charge is 0.459 e. The summed E-state index contributed by atoms with van der Waals surface area (Å²) in [5, 5.41) is 0. The second kappa shape index (κ2) is 8.32. The van der Waals surface area contributed by atoms with Crippen LogP contribution in [0.5, 0.6) is 0 Å². The molecule has 0 aromatic heterocycles. The highest BCUT2D eigenvalue weighted by Crippen LogP contribution is 2.07. The molecule has 5 nitrogen and oxygen atoms in total. The van der Waals surface area contributed by atoms with Crippen LogP contribution in [0.15, 0.2) is 30.3 Å². The lowest BCUT2D eigenvalue weighted by molar-refractivity contribution is -0.155. The lowest BCUT2D eigenvalue weighted by Gasteiger charge is -2.27. The topological polar surface area (TPSA) is 72.6 Å². The third-order valence-corrected chi connectivity index (χ3v) is 2.99. The van der Waals surface area contributed by atoms with Gasteiger partial charge in [-0.1, -0.05) is 37.3 Å². The van der Waals surface area contributed by atoms with Gasteiger partial charge in [0.15, 0.2) is 0 Å². The predicted molar refractivity (Wildman–Crippen MR) is 76.8 cm³/mol. The number of benzene rings is 1. The first-order chi connectivity index (χ1) is 9.60. The van der Waals surface area contributed by atoms with Gasteiger partial charge >= 0.3 is 5.97 Å². The highest BCUT2D eigenvalue weighted by Gasteiger charge is 2.25. The number of ether oxygens (including phenoxy) is 1. The molecule has 0 saturated carbocycles. The van der Waals surface area contributed by atoms with Gasteiger partial charge in [0, 0.05) is 6.54 Å². The van der Waals surface area contributed by atoms with Crippen LogP contribution in [-0.2, 0) is 20.9 Å². The number of nitrogens with zero attached hydrogens (tertiary/aromatic N) is 1. The molecule has 0 fully saturated rings. The normalized spacial score (nSPS) is 11.8. The summed E-state index contributed by atoms with van der Waals surface area (Å²) in [6.07, 6.45) is 0.766. The van der Waals surface area contributed by atoms with Crippen molar-refractivity contribution in [1.82, 2.24) is 4.90 Å². The monoisotopic (exact) mass is 278 g/mol. The zero-order valence-electron chi connectivity index (χ0n) is 12.0. The molecular formula is C15H22N2O3. The Labute approximate surface area is 119 Å². The van der Waals surface area contributed by atoms with Crippen molar-refractivity contribution < 1.29 is 14.3 Å². The van der Waals surface area contributed by atoms with Gasteiger partial charge in [0.25, 0.3) is 0 Å². The van der Waals surface area contributed by atoms with Gasteiger partial charge in [-0.3, -0.25) is 4.79 Å². The molecule has 1 aromatic carbocycles. The van der Waals surface area contributed by atoms with Crippen LogP contribution >= 0.6 is 0 Å². The minimum absolute atomic E-state index is 0.101. The van der Waals surface area contributed by atoms with E-state index in [2.05, 4.69) is 0 Å². The Bertz CT molecular complexity index is 434. The minimum atomic E-state index is -0.616. The van der Waals surface area contributed by atoms with E-state index in [0.29, 0.717) is 6.54 Å². The van der Waals surface area contributed by atoms with Crippen LogP contribution in [-0.4, -0.2) is 35.9 Å². The molecule has 2 N–H and O–H groups in total. The molecule has 1 amide bonds. The number of amides is 1. The Kier molecular flexibility index (Phi) is 6.73. The van der Waals surface area contributed by atoms with Gasteiger partial charge in [-0.15, -0.1) is 0 Å². The molecule has 0 aliphatic heterocycles. The maximum absolute atomic E-state index is 12.0. The zero-order chi connectivity index (χ0) is 15.0. The van der Waals surface area contributed by atoms with Crippen LogP contribution in [0.4, 0.5) is 0 Å². The van der Waals surface area contributed by atoms with Crippen LogP contribution in [0.3, 0.4) is 0 Å². The van der Waals surface area contributed by atoms with E-state index in [9.17, 15) is 9.59 Å². The summed E-state index contributed by atoms with van der Waals surface area (Å²) in [4.78, 5) is 25.2. The summed E-state index contributed by atoms with van der Waals surface area (Å²) in [5.41, 5.74) is 6.28. The molecule has 5 heteroatoms.